The molecule has 172 valence electrons. The van der Waals surface area contributed by atoms with Gasteiger partial charge in [0.1, 0.15) is 17.3 Å². The first-order valence-electron chi connectivity index (χ1n) is 11.4. The fourth-order valence-corrected chi connectivity index (χ4v) is 5.26. The number of imide groups is 1. The summed E-state index contributed by atoms with van der Waals surface area (Å²) in [6, 6.07) is 33.1. The minimum atomic E-state index is -1.36. The fourth-order valence-electron chi connectivity index (χ4n) is 5.26. The van der Waals surface area contributed by atoms with Crippen LogP contribution in [0.5, 0.6) is 0 Å². The second-order valence-electron chi connectivity index (χ2n) is 8.65. The maximum Gasteiger partial charge on any atom is 0.267 e. The molecule has 5 nitrogen and oxygen atoms in total. The molecule has 0 spiro atoms. The average Bonchev–Trinajstić information content (AvgIpc) is 3.38. The van der Waals surface area contributed by atoms with Crippen molar-refractivity contribution in [3.05, 3.63) is 132 Å². The summed E-state index contributed by atoms with van der Waals surface area (Å²) in [5.41, 5.74) is 1.21. The molecule has 0 saturated carbocycles. The van der Waals surface area contributed by atoms with E-state index in [1.165, 1.54) is 24.3 Å². The van der Waals surface area contributed by atoms with Crippen molar-refractivity contribution in [1.82, 2.24) is 0 Å². The molecule has 0 radical (unpaired) electrons. The number of hydrogen-bond acceptors (Lipinski definition) is 4. The first-order chi connectivity index (χ1) is 17.1. The molecule has 35 heavy (non-hydrogen) atoms. The minimum absolute atomic E-state index is 0.313. The van der Waals surface area contributed by atoms with Crippen molar-refractivity contribution in [1.29, 1.82) is 0 Å². The third-order valence-corrected chi connectivity index (χ3v) is 6.76. The molecule has 6 rings (SSSR count). The second-order valence-corrected chi connectivity index (χ2v) is 8.65. The molecule has 2 saturated heterocycles. The third kappa shape index (κ3) is 3.11. The van der Waals surface area contributed by atoms with Crippen molar-refractivity contribution >= 4 is 23.2 Å². The average molecular weight is 464 g/mol. The molecule has 0 unspecified atom stereocenters. The fraction of sp³-hybridized carbons (Fsp3) is 0.103. The van der Waals surface area contributed by atoms with E-state index in [1.807, 2.05) is 91.0 Å². The van der Waals surface area contributed by atoms with E-state index in [1.54, 1.807) is 5.06 Å². The highest BCUT2D eigenvalue weighted by atomic mass is 19.1. The van der Waals surface area contributed by atoms with Crippen LogP contribution in [0.4, 0.5) is 15.8 Å². The first-order valence-corrected chi connectivity index (χ1v) is 11.4. The SMILES string of the molecule is O=C1[C@@H]2ON(c3ccccc3)[C@@H](c3ccccc3)[C@@]2(c2ccccc2)C(=O)N1c1ccc(F)cc1. The number of carbonyl (C=O) groups is 2. The molecule has 6 heteroatoms. The molecule has 2 fully saturated rings. The zero-order chi connectivity index (χ0) is 24.0. The summed E-state index contributed by atoms with van der Waals surface area (Å²) in [6.07, 6.45) is -1.10. The molecular formula is C29H21FN2O3. The van der Waals surface area contributed by atoms with Gasteiger partial charge in [-0.25, -0.2) is 14.4 Å². The lowest BCUT2D eigenvalue weighted by atomic mass is 9.69. The number of halogens is 1. The Labute approximate surface area is 201 Å². The lowest BCUT2D eigenvalue weighted by molar-refractivity contribution is -0.126. The van der Waals surface area contributed by atoms with E-state index in [9.17, 15) is 14.0 Å². The summed E-state index contributed by atoms with van der Waals surface area (Å²) < 4.78 is 13.6. The van der Waals surface area contributed by atoms with E-state index in [0.717, 1.165) is 16.2 Å². The van der Waals surface area contributed by atoms with Gasteiger partial charge >= 0.3 is 0 Å². The van der Waals surface area contributed by atoms with E-state index >= 15 is 0 Å². The van der Waals surface area contributed by atoms with Crippen LogP contribution in [-0.2, 0) is 19.8 Å². The number of rotatable bonds is 4. The largest absolute Gasteiger partial charge is 0.273 e. The smallest absolute Gasteiger partial charge is 0.267 e. The zero-order valence-electron chi connectivity index (χ0n) is 18.6. The summed E-state index contributed by atoms with van der Waals surface area (Å²) in [5.74, 6) is -1.33. The summed E-state index contributed by atoms with van der Waals surface area (Å²) in [6.45, 7) is 0. The van der Waals surface area contributed by atoms with Gasteiger partial charge in [0.05, 0.1) is 11.4 Å². The van der Waals surface area contributed by atoms with Gasteiger partial charge in [0.25, 0.3) is 5.91 Å². The van der Waals surface area contributed by atoms with Crippen LogP contribution in [-0.4, -0.2) is 17.9 Å². The maximum atomic E-state index is 14.5. The van der Waals surface area contributed by atoms with Crippen LogP contribution in [0.15, 0.2) is 115 Å². The van der Waals surface area contributed by atoms with Gasteiger partial charge in [0.15, 0.2) is 6.10 Å². The number of fused-ring (bicyclic) bond motifs is 1. The summed E-state index contributed by atoms with van der Waals surface area (Å²) in [5, 5.41) is 1.69. The van der Waals surface area contributed by atoms with Crippen molar-refractivity contribution in [2.75, 3.05) is 9.96 Å². The molecule has 0 N–H and O–H groups in total. The Morgan fingerprint density at radius 3 is 1.89 bits per heavy atom. The topological polar surface area (TPSA) is 49.9 Å². The zero-order valence-corrected chi connectivity index (χ0v) is 18.6. The maximum absolute atomic E-state index is 14.5. The summed E-state index contributed by atoms with van der Waals surface area (Å²) in [7, 11) is 0. The van der Waals surface area contributed by atoms with Crippen LogP contribution >= 0.6 is 0 Å². The minimum Gasteiger partial charge on any atom is -0.273 e. The molecule has 0 aliphatic carbocycles. The standard InChI is InChI=1S/C29H21FN2O3/c30-22-16-18-23(19-17-22)31-27(33)26-29(28(31)34,21-12-6-2-7-13-21)25(20-10-4-1-5-11-20)32(35-26)24-14-8-3-9-15-24/h1-19,25-26H/t25-,26-,29+/m0/s1. The molecule has 4 aromatic rings. The van der Waals surface area contributed by atoms with Crippen molar-refractivity contribution in [2.24, 2.45) is 0 Å². The molecule has 0 aromatic heterocycles. The predicted octanol–water partition coefficient (Wildman–Crippen LogP) is 5.20. The van der Waals surface area contributed by atoms with Crippen molar-refractivity contribution in [3.63, 3.8) is 0 Å². The van der Waals surface area contributed by atoms with Crippen LogP contribution in [0.25, 0.3) is 0 Å². The number of carbonyl (C=O) groups excluding carboxylic acids is 2. The highest BCUT2D eigenvalue weighted by molar-refractivity contribution is 6.28. The monoisotopic (exact) mass is 464 g/mol. The number of amides is 2. The Hall–Kier alpha value is -4.29. The molecule has 4 aromatic carbocycles. The molecule has 2 aliphatic rings. The van der Waals surface area contributed by atoms with Gasteiger partial charge in [-0.1, -0.05) is 78.9 Å². The Bertz CT molecular complexity index is 1380. The van der Waals surface area contributed by atoms with E-state index in [0.29, 0.717) is 11.3 Å². The van der Waals surface area contributed by atoms with Crippen molar-refractivity contribution < 1.29 is 18.8 Å². The van der Waals surface area contributed by atoms with Crippen LogP contribution in [0.2, 0.25) is 0 Å². The van der Waals surface area contributed by atoms with Gasteiger partial charge < -0.3 is 0 Å². The molecule has 2 aliphatic heterocycles. The van der Waals surface area contributed by atoms with Crippen LogP contribution in [0.1, 0.15) is 17.2 Å². The molecular weight excluding hydrogens is 443 g/mol. The quantitative estimate of drug-likeness (QED) is 0.390. The van der Waals surface area contributed by atoms with Crippen LogP contribution in [0.3, 0.4) is 0 Å². The molecule has 2 heterocycles. The van der Waals surface area contributed by atoms with E-state index < -0.39 is 35.2 Å². The second kappa shape index (κ2) is 8.18. The highest BCUT2D eigenvalue weighted by Crippen LogP contribution is 2.57. The number of para-hydroxylation sites is 1. The Morgan fingerprint density at radius 2 is 1.26 bits per heavy atom. The van der Waals surface area contributed by atoms with Gasteiger partial charge in [0, 0.05) is 0 Å². The number of hydrogen-bond donors (Lipinski definition) is 0. The predicted molar refractivity (Wildman–Crippen MR) is 130 cm³/mol. The van der Waals surface area contributed by atoms with Gasteiger partial charge in [-0.2, -0.15) is 0 Å². The molecule has 0 bridgehead atoms. The van der Waals surface area contributed by atoms with Crippen LogP contribution < -0.4 is 9.96 Å². The van der Waals surface area contributed by atoms with Crippen molar-refractivity contribution in [3.8, 4) is 0 Å². The normalized spacial score (nSPS) is 23.6. The summed E-state index contributed by atoms with van der Waals surface area (Å²) in [4.78, 5) is 35.9. The van der Waals surface area contributed by atoms with Gasteiger partial charge in [0.2, 0.25) is 5.91 Å². The van der Waals surface area contributed by atoms with E-state index in [-0.39, 0.29) is 0 Å². The third-order valence-electron chi connectivity index (χ3n) is 6.76. The molecule has 3 atom stereocenters. The molecule has 2 amide bonds. The van der Waals surface area contributed by atoms with Crippen LogP contribution in [0, 0.1) is 5.82 Å². The Kier molecular flexibility index (Phi) is 4.97. The van der Waals surface area contributed by atoms with E-state index in [4.69, 9.17) is 4.84 Å². The number of anilines is 2. The number of hydroxylamine groups is 1. The van der Waals surface area contributed by atoms with E-state index in [2.05, 4.69) is 0 Å². The number of nitrogens with zero attached hydrogens (tertiary/aromatic N) is 2. The van der Waals surface area contributed by atoms with Gasteiger partial charge in [-0.15, -0.1) is 0 Å². The number of benzene rings is 4. The van der Waals surface area contributed by atoms with Gasteiger partial charge in [-0.05, 0) is 47.5 Å². The lowest BCUT2D eigenvalue weighted by Crippen LogP contribution is -2.46. The first kappa shape index (κ1) is 21.3. The summed E-state index contributed by atoms with van der Waals surface area (Å²) >= 11 is 0. The Balaban J connectivity index is 1.61. The van der Waals surface area contributed by atoms with Gasteiger partial charge in [-0.3, -0.25) is 14.4 Å². The van der Waals surface area contributed by atoms with Crippen molar-refractivity contribution in [2.45, 2.75) is 17.6 Å². The lowest BCUT2D eigenvalue weighted by Gasteiger charge is -2.35. The highest BCUT2D eigenvalue weighted by Gasteiger charge is 2.72. The Morgan fingerprint density at radius 1 is 0.686 bits per heavy atom.